The van der Waals surface area contributed by atoms with Crippen LogP contribution in [0.4, 0.5) is 0 Å². The molecule has 0 atom stereocenters. The maximum Gasteiger partial charge on any atom is 0.285 e. The Morgan fingerprint density at radius 3 is 2.62 bits per heavy atom. The summed E-state index contributed by atoms with van der Waals surface area (Å²) in [6, 6.07) is 7.49. The van der Waals surface area contributed by atoms with Gasteiger partial charge in [0.15, 0.2) is 0 Å². The Hall–Kier alpha value is -1.94. The number of amides is 2. The third kappa shape index (κ3) is 1.02. The van der Waals surface area contributed by atoms with E-state index in [1.54, 1.807) is 0 Å². The summed E-state index contributed by atoms with van der Waals surface area (Å²) in [4.78, 5) is 23.3. The van der Waals surface area contributed by atoms with Crippen LogP contribution in [-0.2, 0) is 16.0 Å². The molecule has 2 amide bonds. The van der Waals surface area contributed by atoms with Gasteiger partial charge in [0.25, 0.3) is 11.8 Å². The molecule has 0 fully saturated rings. The quantitative estimate of drug-likeness (QED) is 0.521. The molecule has 1 heterocycles. The topological polar surface area (TPSA) is 57.6 Å². The Morgan fingerprint density at radius 2 is 1.81 bits per heavy atom. The summed E-state index contributed by atoms with van der Waals surface area (Å²) in [5.74, 6) is -1.18. The van der Waals surface area contributed by atoms with Gasteiger partial charge in [0, 0.05) is 5.57 Å². The molecule has 3 rings (SSSR count). The Morgan fingerprint density at radius 1 is 1.06 bits per heavy atom. The fraction of sp³-hybridized carbons (Fsp3) is 0.167. The first-order valence-electron chi connectivity index (χ1n) is 5.09. The molecule has 0 radical (unpaired) electrons. The largest absolute Gasteiger partial charge is 0.285 e. The number of nitrogens with zero attached hydrogens (tertiary/aromatic N) is 1. The number of hydroxylamine groups is 2. The van der Waals surface area contributed by atoms with Crippen molar-refractivity contribution < 1.29 is 14.8 Å². The van der Waals surface area contributed by atoms with Gasteiger partial charge in [-0.1, -0.05) is 24.3 Å². The van der Waals surface area contributed by atoms with Crippen LogP contribution in [0.3, 0.4) is 0 Å². The predicted molar refractivity (Wildman–Crippen MR) is 55.3 cm³/mol. The number of carbonyl (C=O) groups excluding carboxylic acids is 2. The van der Waals surface area contributed by atoms with E-state index in [1.807, 2.05) is 24.3 Å². The van der Waals surface area contributed by atoms with Crippen molar-refractivity contribution in [3.8, 4) is 0 Å². The molecule has 16 heavy (non-hydrogen) atoms. The van der Waals surface area contributed by atoms with Crippen LogP contribution in [0.25, 0.3) is 5.57 Å². The molecule has 0 unspecified atom stereocenters. The van der Waals surface area contributed by atoms with Crippen LogP contribution in [0.15, 0.2) is 29.8 Å². The van der Waals surface area contributed by atoms with E-state index < -0.39 is 11.8 Å². The van der Waals surface area contributed by atoms with Crippen molar-refractivity contribution in [1.82, 2.24) is 5.06 Å². The highest BCUT2D eigenvalue weighted by Crippen LogP contribution is 2.36. The Bertz CT molecular complexity index is 545. The molecule has 0 aromatic heterocycles. The number of rotatable bonds is 0. The van der Waals surface area contributed by atoms with Gasteiger partial charge >= 0.3 is 0 Å². The van der Waals surface area contributed by atoms with Gasteiger partial charge in [-0.2, -0.15) is 0 Å². The molecule has 2 aliphatic rings. The van der Waals surface area contributed by atoms with Crippen LogP contribution in [0.2, 0.25) is 0 Å². The molecule has 0 bridgehead atoms. The number of hydrogen-bond donors (Lipinski definition) is 1. The van der Waals surface area contributed by atoms with E-state index in [2.05, 4.69) is 0 Å². The highest BCUT2D eigenvalue weighted by Gasteiger charge is 2.40. The molecule has 4 heteroatoms. The van der Waals surface area contributed by atoms with Crippen LogP contribution in [0.1, 0.15) is 17.5 Å². The van der Waals surface area contributed by atoms with Crippen molar-refractivity contribution in [1.29, 1.82) is 0 Å². The van der Waals surface area contributed by atoms with E-state index in [-0.39, 0.29) is 5.06 Å². The molecule has 4 nitrogen and oxygen atoms in total. The van der Waals surface area contributed by atoms with E-state index in [9.17, 15) is 14.8 Å². The second-order valence-corrected chi connectivity index (χ2v) is 3.93. The number of aryl methyl sites for hydroxylation is 1. The number of benzene rings is 1. The summed E-state index contributed by atoms with van der Waals surface area (Å²) in [7, 11) is 0. The summed E-state index contributed by atoms with van der Waals surface area (Å²) >= 11 is 0. The molecule has 0 spiro atoms. The van der Waals surface area contributed by atoms with Crippen molar-refractivity contribution in [2.24, 2.45) is 0 Å². The van der Waals surface area contributed by atoms with Gasteiger partial charge in [0.1, 0.15) is 0 Å². The van der Waals surface area contributed by atoms with E-state index in [0.29, 0.717) is 17.6 Å². The summed E-state index contributed by atoms with van der Waals surface area (Å²) in [5, 5.41) is 9.53. The Kier molecular flexibility index (Phi) is 1.76. The molecule has 0 saturated heterocycles. The number of fused-ring (bicyclic) bond motifs is 2. The van der Waals surface area contributed by atoms with Crippen molar-refractivity contribution in [2.45, 2.75) is 12.8 Å². The van der Waals surface area contributed by atoms with E-state index in [4.69, 9.17) is 0 Å². The molecule has 0 saturated carbocycles. The van der Waals surface area contributed by atoms with E-state index in [1.165, 1.54) is 0 Å². The van der Waals surface area contributed by atoms with Gasteiger partial charge in [0.05, 0.1) is 5.57 Å². The molecule has 1 aromatic rings. The maximum absolute atomic E-state index is 11.7. The van der Waals surface area contributed by atoms with E-state index in [0.717, 1.165) is 17.5 Å². The van der Waals surface area contributed by atoms with Crippen molar-refractivity contribution >= 4 is 17.4 Å². The van der Waals surface area contributed by atoms with Crippen LogP contribution < -0.4 is 0 Å². The van der Waals surface area contributed by atoms with Gasteiger partial charge in [-0.3, -0.25) is 14.8 Å². The van der Waals surface area contributed by atoms with Gasteiger partial charge in [0.2, 0.25) is 0 Å². The highest BCUT2D eigenvalue weighted by atomic mass is 16.5. The van der Waals surface area contributed by atoms with Crippen LogP contribution in [-0.4, -0.2) is 22.1 Å². The van der Waals surface area contributed by atoms with Crippen LogP contribution >= 0.6 is 0 Å². The van der Waals surface area contributed by atoms with Gasteiger partial charge in [-0.05, 0) is 24.0 Å². The summed E-state index contributed by atoms with van der Waals surface area (Å²) in [5.41, 5.74) is 2.64. The molecule has 1 aromatic carbocycles. The normalized spacial score (nSPS) is 18.9. The van der Waals surface area contributed by atoms with Crippen LogP contribution in [0.5, 0.6) is 0 Å². The van der Waals surface area contributed by atoms with Crippen molar-refractivity contribution in [2.75, 3.05) is 0 Å². The molecular weight excluding hydrogens is 206 g/mol. The second-order valence-electron chi connectivity index (χ2n) is 3.93. The smallest absolute Gasteiger partial charge is 0.278 e. The minimum atomic E-state index is -0.604. The number of imide groups is 1. The molecule has 80 valence electrons. The van der Waals surface area contributed by atoms with E-state index >= 15 is 0 Å². The first-order valence-corrected chi connectivity index (χ1v) is 5.09. The zero-order valence-corrected chi connectivity index (χ0v) is 8.43. The standard InChI is InChI=1S/C12H9NO3/c14-11-9-6-5-7-3-1-2-4-8(7)10(9)12(15)13(11)16/h1-4,16H,5-6H2. The number of carbonyl (C=O) groups is 2. The zero-order chi connectivity index (χ0) is 11.3. The lowest BCUT2D eigenvalue weighted by molar-refractivity contribution is -0.169. The average molecular weight is 215 g/mol. The fourth-order valence-corrected chi connectivity index (χ4v) is 2.31. The fourth-order valence-electron chi connectivity index (χ4n) is 2.31. The lowest BCUT2D eigenvalue weighted by Gasteiger charge is -2.14. The van der Waals surface area contributed by atoms with Crippen LogP contribution in [0, 0.1) is 0 Å². The summed E-state index contributed by atoms with van der Waals surface area (Å²) in [6.45, 7) is 0. The Balaban J connectivity index is 2.25. The minimum absolute atomic E-state index is 0.215. The second kappa shape index (κ2) is 3.02. The first-order chi connectivity index (χ1) is 7.70. The SMILES string of the molecule is O=C1C2=C(C(=O)N1O)c1ccccc1CC2. The maximum atomic E-state index is 11.7. The average Bonchev–Trinajstić information content (AvgIpc) is 2.55. The van der Waals surface area contributed by atoms with Gasteiger partial charge in [-0.15, -0.1) is 5.06 Å². The third-order valence-electron chi connectivity index (χ3n) is 3.09. The Labute approximate surface area is 91.8 Å². The van der Waals surface area contributed by atoms with Crippen molar-refractivity contribution in [3.63, 3.8) is 0 Å². The third-order valence-corrected chi connectivity index (χ3v) is 3.09. The molecule has 1 aliphatic carbocycles. The summed E-state index contributed by atoms with van der Waals surface area (Å²) in [6.07, 6.45) is 1.26. The number of hydrogen-bond acceptors (Lipinski definition) is 3. The lowest BCUT2D eigenvalue weighted by atomic mass is 9.87. The molecule has 1 aliphatic heterocycles. The molecular formula is C12H9NO3. The first kappa shape index (κ1) is 9.30. The predicted octanol–water partition coefficient (Wildman–Crippen LogP) is 1.14. The zero-order valence-electron chi connectivity index (χ0n) is 8.43. The van der Waals surface area contributed by atoms with Gasteiger partial charge in [-0.25, -0.2) is 0 Å². The van der Waals surface area contributed by atoms with Gasteiger partial charge < -0.3 is 0 Å². The molecule has 1 N–H and O–H groups in total. The summed E-state index contributed by atoms with van der Waals surface area (Å²) < 4.78 is 0. The minimum Gasteiger partial charge on any atom is -0.278 e. The lowest BCUT2D eigenvalue weighted by Crippen LogP contribution is -2.27. The van der Waals surface area contributed by atoms with Crippen molar-refractivity contribution in [3.05, 3.63) is 41.0 Å². The highest BCUT2D eigenvalue weighted by molar-refractivity contribution is 6.35. The monoisotopic (exact) mass is 215 g/mol.